The third kappa shape index (κ3) is 2.73. The number of allylic oxidation sites excluding steroid dienone is 2. The molecule has 0 aromatic carbocycles. The molecule has 1 aromatic rings. The topological polar surface area (TPSA) is 65.7 Å². The molecule has 1 aliphatic carbocycles. The number of rotatable bonds is 5. The molecule has 5 heteroatoms. The molecule has 4 rings (SSSR count). The van der Waals surface area contributed by atoms with Crippen LogP contribution in [0.3, 0.4) is 0 Å². The molecule has 0 spiro atoms. The highest BCUT2D eigenvalue weighted by Crippen LogP contribution is 2.37. The molecule has 2 N–H and O–H groups in total. The van der Waals surface area contributed by atoms with Gasteiger partial charge < -0.3 is 10.6 Å². The van der Waals surface area contributed by atoms with Gasteiger partial charge in [-0.2, -0.15) is 10.4 Å². The summed E-state index contributed by atoms with van der Waals surface area (Å²) < 4.78 is 2.12. The molecule has 1 aromatic heterocycles. The van der Waals surface area contributed by atoms with Gasteiger partial charge in [-0.1, -0.05) is 12.8 Å². The van der Waals surface area contributed by atoms with Gasteiger partial charge in [0.15, 0.2) is 0 Å². The largest absolute Gasteiger partial charge is 0.368 e. The van der Waals surface area contributed by atoms with Crippen molar-refractivity contribution in [3.63, 3.8) is 0 Å². The predicted octanol–water partition coefficient (Wildman–Crippen LogP) is 3.23. The Bertz CT molecular complexity index is 727. The van der Waals surface area contributed by atoms with Crippen LogP contribution in [0.25, 0.3) is 5.57 Å². The number of nitriles is 1. The van der Waals surface area contributed by atoms with Gasteiger partial charge in [0.2, 0.25) is 0 Å². The molecule has 3 aliphatic rings. The van der Waals surface area contributed by atoms with E-state index >= 15 is 0 Å². The van der Waals surface area contributed by atoms with E-state index < -0.39 is 0 Å². The van der Waals surface area contributed by atoms with Gasteiger partial charge in [-0.15, -0.1) is 0 Å². The summed E-state index contributed by atoms with van der Waals surface area (Å²) in [6.07, 6.45) is 19.2. The van der Waals surface area contributed by atoms with Crippen molar-refractivity contribution in [2.45, 2.75) is 50.7 Å². The Kier molecular flexibility index (Phi) is 4.12. The Labute approximate surface area is 142 Å². The fraction of sp³-hybridized carbons (Fsp3) is 0.474. The van der Waals surface area contributed by atoms with Crippen LogP contribution in [-0.2, 0) is 0 Å². The zero-order valence-corrected chi connectivity index (χ0v) is 13.8. The fourth-order valence-electron chi connectivity index (χ4n) is 4.19. The van der Waals surface area contributed by atoms with Gasteiger partial charge >= 0.3 is 0 Å². The monoisotopic (exact) mass is 321 g/mol. The van der Waals surface area contributed by atoms with E-state index in [4.69, 9.17) is 5.26 Å². The van der Waals surface area contributed by atoms with Crippen LogP contribution in [0.15, 0.2) is 42.5 Å². The maximum atomic E-state index is 9.00. The lowest BCUT2D eigenvalue weighted by molar-refractivity contribution is 0.295. The Morgan fingerprint density at radius 3 is 2.83 bits per heavy atom. The lowest BCUT2D eigenvalue weighted by Gasteiger charge is -2.23. The Morgan fingerprint density at radius 2 is 2.04 bits per heavy atom. The molecule has 3 heterocycles. The summed E-state index contributed by atoms with van der Waals surface area (Å²) in [7, 11) is 0. The van der Waals surface area contributed by atoms with E-state index in [1.54, 1.807) is 0 Å². The predicted molar refractivity (Wildman–Crippen MR) is 93.3 cm³/mol. The van der Waals surface area contributed by atoms with Gasteiger partial charge in [-0.25, -0.2) is 0 Å². The summed E-state index contributed by atoms with van der Waals surface area (Å²) >= 11 is 0. The third-order valence-electron chi connectivity index (χ3n) is 5.41. The average Bonchev–Trinajstić information content (AvgIpc) is 3.36. The summed E-state index contributed by atoms with van der Waals surface area (Å²) in [4.78, 5) is 0. The number of fused-ring (bicyclic) bond motifs is 1. The normalized spacial score (nSPS) is 23.7. The van der Waals surface area contributed by atoms with Crippen LogP contribution in [0.5, 0.6) is 0 Å². The smallest absolute Gasteiger partial charge is 0.123 e. The average molecular weight is 321 g/mol. The number of dihydropyridines is 1. The van der Waals surface area contributed by atoms with Crippen LogP contribution >= 0.6 is 0 Å². The lowest BCUT2D eigenvalue weighted by Crippen LogP contribution is -2.36. The maximum absolute atomic E-state index is 9.00. The fourth-order valence-corrected chi connectivity index (χ4v) is 4.19. The second kappa shape index (κ2) is 6.56. The third-order valence-corrected chi connectivity index (χ3v) is 5.41. The van der Waals surface area contributed by atoms with Gasteiger partial charge in [-0.3, -0.25) is 4.68 Å². The number of aromatic nitrogens is 2. The molecule has 0 bridgehead atoms. The van der Waals surface area contributed by atoms with Crippen molar-refractivity contribution >= 4 is 5.57 Å². The van der Waals surface area contributed by atoms with Crippen LogP contribution in [0.2, 0.25) is 0 Å². The molecule has 5 nitrogen and oxygen atoms in total. The van der Waals surface area contributed by atoms with Crippen molar-refractivity contribution in [1.82, 2.24) is 20.4 Å². The molecular formula is C19H23N5. The molecule has 0 amide bonds. The summed E-state index contributed by atoms with van der Waals surface area (Å²) in [6, 6.07) is 2.66. The molecule has 24 heavy (non-hydrogen) atoms. The van der Waals surface area contributed by atoms with Crippen molar-refractivity contribution in [2.24, 2.45) is 5.92 Å². The molecule has 0 saturated heterocycles. The zero-order valence-electron chi connectivity index (χ0n) is 13.8. The molecule has 1 fully saturated rings. The van der Waals surface area contributed by atoms with Gasteiger partial charge in [0, 0.05) is 23.8 Å². The van der Waals surface area contributed by atoms with E-state index in [9.17, 15) is 0 Å². The Balaban J connectivity index is 1.62. The number of nitrogens with zero attached hydrogens (tertiary/aromatic N) is 3. The molecule has 124 valence electrons. The highest BCUT2D eigenvalue weighted by Gasteiger charge is 2.28. The molecule has 2 unspecified atom stereocenters. The minimum atomic E-state index is 0.164. The summed E-state index contributed by atoms with van der Waals surface area (Å²) in [6.45, 7) is 0. The van der Waals surface area contributed by atoms with E-state index in [0.29, 0.717) is 18.4 Å². The highest BCUT2D eigenvalue weighted by molar-refractivity contribution is 5.80. The quantitative estimate of drug-likeness (QED) is 0.874. The Morgan fingerprint density at radius 1 is 1.25 bits per heavy atom. The number of hydrogen-bond acceptors (Lipinski definition) is 4. The van der Waals surface area contributed by atoms with Crippen molar-refractivity contribution in [1.29, 1.82) is 5.26 Å². The SMILES string of the molecule is N#CCCC(C1CCCC1)n1cc(C2=C3C=CNC3NC=C2)cn1. The standard InChI is InChI=1S/C19H23N5/c20-9-3-6-18(14-4-1-2-5-14)24-13-15(12-23-24)16-7-10-21-19-17(16)8-11-22-19/h7-8,10-14,18-19,21-22H,1-6H2. The van der Waals surface area contributed by atoms with Crippen LogP contribution in [0.1, 0.15) is 50.1 Å². The van der Waals surface area contributed by atoms with E-state index in [0.717, 1.165) is 12.0 Å². The van der Waals surface area contributed by atoms with Crippen molar-refractivity contribution in [3.8, 4) is 6.07 Å². The van der Waals surface area contributed by atoms with Crippen molar-refractivity contribution < 1.29 is 0 Å². The first kappa shape index (κ1) is 15.1. The summed E-state index contributed by atoms with van der Waals surface area (Å²) in [5.41, 5.74) is 3.63. The second-order valence-electron chi connectivity index (χ2n) is 6.82. The molecular weight excluding hydrogens is 298 g/mol. The van der Waals surface area contributed by atoms with Crippen LogP contribution < -0.4 is 10.6 Å². The van der Waals surface area contributed by atoms with Crippen molar-refractivity contribution in [3.05, 3.63) is 48.1 Å². The lowest BCUT2D eigenvalue weighted by atomic mass is 9.94. The Hall–Kier alpha value is -2.48. The first-order chi connectivity index (χ1) is 11.9. The zero-order chi connectivity index (χ0) is 16.4. The maximum Gasteiger partial charge on any atom is 0.123 e. The van der Waals surface area contributed by atoms with E-state index in [2.05, 4.69) is 44.8 Å². The highest BCUT2D eigenvalue weighted by atomic mass is 15.3. The van der Waals surface area contributed by atoms with Gasteiger partial charge in [0.05, 0.1) is 18.3 Å². The first-order valence-corrected chi connectivity index (χ1v) is 8.87. The van der Waals surface area contributed by atoms with Crippen LogP contribution in [-0.4, -0.2) is 15.9 Å². The molecule has 2 aliphatic heterocycles. The summed E-state index contributed by atoms with van der Waals surface area (Å²) in [5.74, 6) is 0.660. The summed E-state index contributed by atoms with van der Waals surface area (Å²) in [5, 5.41) is 20.3. The minimum Gasteiger partial charge on any atom is -0.368 e. The van der Waals surface area contributed by atoms with E-state index in [-0.39, 0.29) is 6.17 Å². The number of hydrogen-bond donors (Lipinski definition) is 2. The van der Waals surface area contributed by atoms with Gasteiger partial charge in [0.1, 0.15) is 6.17 Å². The van der Waals surface area contributed by atoms with Crippen molar-refractivity contribution in [2.75, 3.05) is 0 Å². The molecule has 0 radical (unpaired) electrons. The van der Waals surface area contributed by atoms with E-state index in [1.807, 2.05) is 18.6 Å². The molecule has 2 atom stereocenters. The first-order valence-electron chi connectivity index (χ1n) is 8.87. The number of nitrogens with one attached hydrogen (secondary N) is 2. The van der Waals surface area contributed by atoms with E-state index in [1.165, 1.54) is 36.8 Å². The van der Waals surface area contributed by atoms with Gasteiger partial charge in [-0.05, 0) is 55.3 Å². The van der Waals surface area contributed by atoms with Gasteiger partial charge in [0.25, 0.3) is 0 Å². The second-order valence-corrected chi connectivity index (χ2v) is 6.82. The minimum absolute atomic E-state index is 0.164. The molecule has 1 saturated carbocycles. The van der Waals surface area contributed by atoms with Crippen LogP contribution in [0.4, 0.5) is 0 Å². The van der Waals surface area contributed by atoms with Crippen LogP contribution in [0, 0.1) is 17.2 Å².